The monoisotopic (exact) mass is 304 g/mol. The summed E-state index contributed by atoms with van der Waals surface area (Å²) in [6.07, 6.45) is 0.484. The molecule has 0 radical (unpaired) electrons. The Morgan fingerprint density at radius 1 is 1.40 bits per heavy atom. The van der Waals surface area contributed by atoms with Crippen LogP contribution in [-0.2, 0) is 21.4 Å². The largest absolute Gasteiger partial charge is 0.480 e. The van der Waals surface area contributed by atoms with Crippen LogP contribution < -0.4 is 10.0 Å². The molecule has 1 heterocycles. The molecule has 0 aliphatic heterocycles. The topological polar surface area (TPSA) is 109 Å². The van der Waals surface area contributed by atoms with Gasteiger partial charge in [0.1, 0.15) is 11.8 Å². The number of rotatable bonds is 8. The van der Waals surface area contributed by atoms with Gasteiger partial charge in [-0.2, -0.15) is 0 Å². The van der Waals surface area contributed by atoms with Gasteiger partial charge in [0.25, 0.3) is 10.0 Å². The molecule has 1 rings (SSSR count). The van der Waals surface area contributed by atoms with Gasteiger partial charge in [-0.05, 0) is 31.5 Å². The zero-order valence-corrected chi connectivity index (χ0v) is 12.5. The molecule has 20 heavy (non-hydrogen) atoms. The molecule has 114 valence electrons. The van der Waals surface area contributed by atoms with Crippen LogP contribution in [0, 0.1) is 5.92 Å². The summed E-state index contributed by atoms with van der Waals surface area (Å²) in [6, 6.07) is 2.15. The molecular weight excluding hydrogens is 284 g/mol. The Hall–Kier alpha value is -1.38. The quantitative estimate of drug-likeness (QED) is 0.655. The van der Waals surface area contributed by atoms with E-state index in [0.717, 1.165) is 0 Å². The first-order valence-electron chi connectivity index (χ1n) is 6.24. The minimum absolute atomic E-state index is 0.156. The highest BCUT2D eigenvalue weighted by Gasteiger charge is 2.20. The van der Waals surface area contributed by atoms with Crippen molar-refractivity contribution in [2.45, 2.75) is 37.9 Å². The Labute approximate surface area is 118 Å². The molecule has 1 aromatic heterocycles. The summed E-state index contributed by atoms with van der Waals surface area (Å²) in [5.74, 6) is -0.331. The highest BCUT2D eigenvalue weighted by molar-refractivity contribution is 7.89. The first kappa shape index (κ1) is 16.7. The number of carboxylic acids is 1. The van der Waals surface area contributed by atoms with Crippen molar-refractivity contribution in [2.24, 2.45) is 5.92 Å². The minimum atomic E-state index is -3.61. The maximum atomic E-state index is 11.5. The van der Waals surface area contributed by atoms with Crippen molar-refractivity contribution in [3.63, 3.8) is 0 Å². The first-order valence-corrected chi connectivity index (χ1v) is 7.73. The fourth-order valence-corrected chi connectivity index (χ4v) is 2.33. The number of aliphatic carboxylic acids is 1. The summed E-state index contributed by atoms with van der Waals surface area (Å²) in [6.45, 7) is 4.02. The van der Waals surface area contributed by atoms with Crippen LogP contribution in [0.25, 0.3) is 0 Å². The van der Waals surface area contributed by atoms with Crippen LogP contribution in [0.15, 0.2) is 21.6 Å². The summed E-state index contributed by atoms with van der Waals surface area (Å²) in [4.78, 5) is 11.1. The fraction of sp³-hybridized carbons (Fsp3) is 0.583. The van der Waals surface area contributed by atoms with Crippen LogP contribution in [0.1, 0.15) is 26.0 Å². The van der Waals surface area contributed by atoms with Gasteiger partial charge < -0.3 is 9.52 Å². The van der Waals surface area contributed by atoms with Gasteiger partial charge in [0.15, 0.2) is 0 Å². The third-order valence-corrected chi connectivity index (χ3v) is 3.99. The van der Waals surface area contributed by atoms with Gasteiger partial charge in [-0.3, -0.25) is 10.1 Å². The number of hydrogen-bond donors (Lipinski definition) is 3. The van der Waals surface area contributed by atoms with E-state index in [1.54, 1.807) is 0 Å². The number of hydrogen-bond acceptors (Lipinski definition) is 5. The second-order valence-electron chi connectivity index (χ2n) is 4.83. The molecule has 1 aromatic rings. The molecule has 0 spiro atoms. The van der Waals surface area contributed by atoms with E-state index in [9.17, 15) is 13.2 Å². The molecule has 0 aliphatic rings. The standard InChI is InChI=1S/C12H20N2O5S/c1-8(2)6-10(12(15)16)14-7-9-4-5-11(19-9)20(17,18)13-3/h4-5,8,10,13-14H,6-7H2,1-3H3,(H,15,16). The molecule has 0 bridgehead atoms. The second-order valence-corrected chi connectivity index (χ2v) is 6.65. The average molecular weight is 304 g/mol. The summed E-state index contributed by atoms with van der Waals surface area (Å²) in [7, 11) is -2.32. The van der Waals surface area contributed by atoms with Gasteiger partial charge in [0.05, 0.1) is 6.54 Å². The normalized spacial score (nSPS) is 13.6. The first-order chi connectivity index (χ1) is 9.26. The van der Waals surface area contributed by atoms with Gasteiger partial charge in [0, 0.05) is 0 Å². The van der Waals surface area contributed by atoms with Crippen molar-refractivity contribution >= 4 is 16.0 Å². The van der Waals surface area contributed by atoms with Gasteiger partial charge in [-0.1, -0.05) is 13.8 Å². The number of sulfonamides is 1. The molecule has 0 aliphatic carbocycles. The Balaban J connectivity index is 2.68. The SMILES string of the molecule is CNS(=O)(=O)c1ccc(CNC(CC(C)C)C(=O)O)o1. The van der Waals surface area contributed by atoms with Crippen molar-refractivity contribution in [1.82, 2.24) is 10.0 Å². The number of carboxylic acid groups (broad SMARTS) is 1. The van der Waals surface area contributed by atoms with E-state index < -0.39 is 22.0 Å². The molecule has 1 unspecified atom stereocenters. The molecule has 1 atom stereocenters. The lowest BCUT2D eigenvalue weighted by Gasteiger charge is -2.15. The number of nitrogens with one attached hydrogen (secondary N) is 2. The molecule has 0 amide bonds. The van der Waals surface area contributed by atoms with E-state index in [4.69, 9.17) is 9.52 Å². The van der Waals surface area contributed by atoms with E-state index in [0.29, 0.717) is 12.2 Å². The third kappa shape index (κ3) is 4.62. The fourth-order valence-electron chi connectivity index (χ4n) is 1.66. The average Bonchev–Trinajstić information content (AvgIpc) is 2.83. The minimum Gasteiger partial charge on any atom is -0.480 e. The van der Waals surface area contributed by atoms with Crippen molar-refractivity contribution in [3.05, 3.63) is 17.9 Å². The molecule has 8 heteroatoms. The lowest BCUT2D eigenvalue weighted by molar-refractivity contribution is -0.140. The number of furan rings is 1. The van der Waals surface area contributed by atoms with E-state index in [2.05, 4.69) is 10.0 Å². The zero-order chi connectivity index (χ0) is 15.3. The van der Waals surface area contributed by atoms with Gasteiger partial charge in [-0.25, -0.2) is 13.1 Å². The van der Waals surface area contributed by atoms with Crippen molar-refractivity contribution in [3.8, 4) is 0 Å². The highest BCUT2D eigenvalue weighted by Crippen LogP contribution is 2.14. The lowest BCUT2D eigenvalue weighted by atomic mass is 10.0. The van der Waals surface area contributed by atoms with Gasteiger partial charge in [0.2, 0.25) is 5.09 Å². The molecule has 0 fully saturated rings. The maximum Gasteiger partial charge on any atom is 0.320 e. The van der Waals surface area contributed by atoms with Crippen molar-refractivity contribution in [2.75, 3.05) is 7.05 Å². The summed E-state index contributed by atoms with van der Waals surface area (Å²) in [5.41, 5.74) is 0. The molecular formula is C12H20N2O5S. The van der Waals surface area contributed by atoms with Crippen LogP contribution >= 0.6 is 0 Å². The zero-order valence-electron chi connectivity index (χ0n) is 11.7. The summed E-state index contributed by atoms with van der Waals surface area (Å²) in [5, 5.41) is 11.7. The Morgan fingerprint density at radius 3 is 2.55 bits per heavy atom. The van der Waals surface area contributed by atoms with Crippen molar-refractivity contribution < 1.29 is 22.7 Å². The molecule has 7 nitrogen and oxygen atoms in total. The van der Waals surface area contributed by atoms with Crippen LogP contribution in [0.4, 0.5) is 0 Å². The van der Waals surface area contributed by atoms with Crippen LogP contribution in [0.5, 0.6) is 0 Å². The van der Waals surface area contributed by atoms with E-state index in [-0.39, 0.29) is 17.6 Å². The summed E-state index contributed by atoms with van der Waals surface area (Å²) < 4.78 is 30.3. The molecule has 3 N–H and O–H groups in total. The van der Waals surface area contributed by atoms with E-state index >= 15 is 0 Å². The Bertz CT molecular complexity index is 550. The molecule has 0 saturated carbocycles. The van der Waals surface area contributed by atoms with Crippen LogP contribution in [-0.4, -0.2) is 32.6 Å². The van der Waals surface area contributed by atoms with Gasteiger partial charge in [-0.15, -0.1) is 0 Å². The van der Waals surface area contributed by atoms with E-state index in [1.807, 2.05) is 13.8 Å². The van der Waals surface area contributed by atoms with E-state index in [1.165, 1.54) is 19.2 Å². The second kappa shape index (κ2) is 6.87. The Morgan fingerprint density at radius 2 is 2.05 bits per heavy atom. The number of carbonyl (C=O) groups is 1. The molecule has 0 saturated heterocycles. The van der Waals surface area contributed by atoms with Crippen LogP contribution in [0.2, 0.25) is 0 Å². The third-order valence-electron chi connectivity index (χ3n) is 2.70. The maximum absolute atomic E-state index is 11.5. The smallest absolute Gasteiger partial charge is 0.320 e. The Kier molecular flexibility index (Phi) is 5.73. The van der Waals surface area contributed by atoms with Crippen LogP contribution in [0.3, 0.4) is 0 Å². The highest BCUT2D eigenvalue weighted by atomic mass is 32.2. The van der Waals surface area contributed by atoms with Crippen molar-refractivity contribution in [1.29, 1.82) is 0 Å². The van der Waals surface area contributed by atoms with Gasteiger partial charge >= 0.3 is 5.97 Å². The molecule has 0 aromatic carbocycles. The summed E-state index contributed by atoms with van der Waals surface area (Å²) >= 11 is 0. The predicted octanol–water partition coefficient (Wildman–Crippen LogP) is 0.777. The predicted molar refractivity (Wildman–Crippen MR) is 72.7 cm³/mol. The lowest BCUT2D eigenvalue weighted by Crippen LogP contribution is -2.37.